The fraction of sp³-hybridized carbons (Fsp3) is 0.167. The summed E-state index contributed by atoms with van der Waals surface area (Å²) in [6.45, 7) is 0. The summed E-state index contributed by atoms with van der Waals surface area (Å²) in [6.07, 6.45) is -0.0661. The maximum Gasteiger partial charge on any atom is 0.251 e. The van der Waals surface area contributed by atoms with E-state index >= 15 is 0 Å². The third kappa shape index (κ3) is 2.66. The Morgan fingerprint density at radius 2 is 2.06 bits per heavy atom. The molecule has 0 aliphatic carbocycles. The topological polar surface area (TPSA) is 73.7 Å². The van der Waals surface area contributed by atoms with Gasteiger partial charge in [-0.15, -0.1) is 11.3 Å². The molecule has 2 aromatic rings. The van der Waals surface area contributed by atoms with Crippen molar-refractivity contribution in [2.24, 2.45) is 0 Å². The fourth-order valence-electron chi connectivity index (χ4n) is 1.41. The molecule has 6 heteroatoms. The van der Waals surface area contributed by atoms with Crippen molar-refractivity contribution in [3.63, 3.8) is 0 Å². The average Bonchev–Trinajstić information content (AvgIpc) is 2.72. The predicted molar refractivity (Wildman–Crippen MR) is 67.5 cm³/mol. The zero-order chi connectivity index (χ0) is 13.1. The molecule has 0 bridgehead atoms. The lowest BCUT2D eigenvalue weighted by Gasteiger charge is -2.06. The van der Waals surface area contributed by atoms with E-state index < -0.39 is 5.91 Å². The van der Waals surface area contributed by atoms with Crippen molar-refractivity contribution >= 4 is 17.2 Å². The van der Waals surface area contributed by atoms with E-state index in [1.165, 1.54) is 18.4 Å². The van der Waals surface area contributed by atoms with Gasteiger partial charge in [0.15, 0.2) is 0 Å². The summed E-state index contributed by atoms with van der Waals surface area (Å²) in [5.74, 6) is -0.650. The van der Waals surface area contributed by atoms with Crippen LogP contribution in [-0.4, -0.2) is 33.3 Å². The number of benzene rings is 1. The molecule has 0 atom stereocenters. The maximum atomic E-state index is 11.4. The lowest BCUT2D eigenvalue weighted by atomic mass is 10.2. The number of nitrogens with zero attached hydrogens (tertiary/aromatic N) is 2. The van der Waals surface area contributed by atoms with Crippen molar-refractivity contribution in [3.8, 4) is 16.5 Å². The lowest BCUT2D eigenvalue weighted by Crippen LogP contribution is -2.23. The van der Waals surface area contributed by atoms with E-state index in [1.54, 1.807) is 0 Å². The summed E-state index contributed by atoms with van der Waals surface area (Å²) in [4.78, 5) is 15.8. The molecule has 0 aliphatic heterocycles. The van der Waals surface area contributed by atoms with Crippen LogP contribution in [0.3, 0.4) is 0 Å². The molecule has 0 aliphatic rings. The number of carbonyl (C=O) groups excluding carboxylic acids is 1. The highest BCUT2D eigenvalue weighted by molar-refractivity contribution is 7.15. The van der Waals surface area contributed by atoms with Gasteiger partial charge in [0.05, 0.1) is 11.3 Å². The molecule has 1 amide bonds. The quantitative estimate of drug-likeness (QED) is 0.656. The molecule has 94 valence electrons. The number of carbonyl (C=O) groups is 1. The van der Waals surface area contributed by atoms with E-state index in [-0.39, 0.29) is 12.3 Å². The van der Waals surface area contributed by atoms with E-state index in [0.29, 0.717) is 14.9 Å². The van der Waals surface area contributed by atoms with Gasteiger partial charge in [0, 0.05) is 12.6 Å². The van der Waals surface area contributed by atoms with Crippen molar-refractivity contribution in [2.45, 2.75) is 6.42 Å². The molecular weight excluding hydrogens is 252 g/mol. The van der Waals surface area contributed by atoms with E-state index in [4.69, 9.17) is 5.21 Å². The standard InChI is InChI=1S/C12H12N2O3S/c1-14(17)10(15)7-9-11(16)13-12(18-9)8-5-3-2-4-6-8/h2-6,16-17H,7H2,1H3. The lowest BCUT2D eigenvalue weighted by molar-refractivity contribution is -0.158. The van der Waals surface area contributed by atoms with E-state index in [0.717, 1.165) is 5.56 Å². The highest BCUT2D eigenvalue weighted by Crippen LogP contribution is 2.32. The average molecular weight is 264 g/mol. The molecule has 0 unspecified atom stereocenters. The Kier molecular flexibility index (Phi) is 3.59. The highest BCUT2D eigenvalue weighted by Gasteiger charge is 2.16. The van der Waals surface area contributed by atoms with Crippen LogP contribution < -0.4 is 0 Å². The molecule has 1 heterocycles. The van der Waals surface area contributed by atoms with Crippen LogP contribution in [0.4, 0.5) is 0 Å². The van der Waals surface area contributed by atoms with E-state index in [9.17, 15) is 9.90 Å². The van der Waals surface area contributed by atoms with Crippen LogP contribution in [0.15, 0.2) is 30.3 Å². The van der Waals surface area contributed by atoms with Gasteiger partial charge in [-0.25, -0.2) is 10.0 Å². The third-order valence-corrected chi connectivity index (χ3v) is 3.46. The first kappa shape index (κ1) is 12.5. The van der Waals surface area contributed by atoms with Crippen molar-refractivity contribution in [3.05, 3.63) is 35.2 Å². The Bertz CT molecular complexity index is 552. The van der Waals surface area contributed by atoms with Crippen LogP contribution in [0.1, 0.15) is 4.88 Å². The monoisotopic (exact) mass is 264 g/mol. The van der Waals surface area contributed by atoms with E-state index in [1.807, 2.05) is 30.3 Å². The molecule has 0 saturated heterocycles. The molecule has 2 rings (SSSR count). The van der Waals surface area contributed by atoms with Crippen LogP contribution >= 0.6 is 11.3 Å². The second kappa shape index (κ2) is 5.16. The van der Waals surface area contributed by atoms with Gasteiger partial charge in [0.2, 0.25) is 5.88 Å². The molecule has 0 saturated carbocycles. The minimum atomic E-state index is -0.492. The van der Waals surface area contributed by atoms with Crippen molar-refractivity contribution in [2.75, 3.05) is 7.05 Å². The van der Waals surface area contributed by atoms with Crippen molar-refractivity contribution in [1.29, 1.82) is 0 Å². The molecule has 5 nitrogen and oxygen atoms in total. The van der Waals surface area contributed by atoms with Crippen LogP contribution in [0.2, 0.25) is 0 Å². The molecule has 0 fully saturated rings. The smallest absolute Gasteiger partial charge is 0.251 e. The minimum absolute atomic E-state index is 0.0661. The molecule has 0 spiro atoms. The second-order valence-corrected chi connectivity index (χ2v) is 4.81. The third-order valence-electron chi connectivity index (χ3n) is 2.37. The van der Waals surface area contributed by atoms with Gasteiger partial charge in [-0.05, 0) is 0 Å². The summed E-state index contributed by atoms with van der Waals surface area (Å²) >= 11 is 1.24. The van der Waals surface area contributed by atoms with Gasteiger partial charge in [-0.3, -0.25) is 10.0 Å². The number of aromatic hydroxyl groups is 1. The first-order valence-corrected chi connectivity index (χ1v) is 6.09. The Labute approximate surface area is 108 Å². The molecule has 1 aromatic heterocycles. The van der Waals surface area contributed by atoms with Gasteiger partial charge in [-0.1, -0.05) is 30.3 Å². The summed E-state index contributed by atoms with van der Waals surface area (Å²) in [5, 5.41) is 19.8. The Hall–Kier alpha value is -1.92. The van der Waals surface area contributed by atoms with Gasteiger partial charge >= 0.3 is 0 Å². The molecule has 18 heavy (non-hydrogen) atoms. The second-order valence-electron chi connectivity index (χ2n) is 3.73. The SMILES string of the molecule is CN(O)C(=O)Cc1sc(-c2ccccc2)nc1O. The van der Waals surface area contributed by atoms with Gasteiger partial charge in [0.1, 0.15) is 5.01 Å². The maximum absolute atomic E-state index is 11.4. The molecule has 0 radical (unpaired) electrons. The number of rotatable bonds is 3. The number of hydroxylamine groups is 2. The summed E-state index contributed by atoms with van der Waals surface area (Å²) in [7, 11) is 1.25. The molecule has 2 N–H and O–H groups in total. The largest absolute Gasteiger partial charge is 0.492 e. The van der Waals surface area contributed by atoms with Crippen LogP contribution in [0.25, 0.3) is 10.6 Å². The summed E-state index contributed by atoms with van der Waals surface area (Å²) < 4.78 is 0. The zero-order valence-corrected chi connectivity index (χ0v) is 10.5. The minimum Gasteiger partial charge on any atom is -0.492 e. The van der Waals surface area contributed by atoms with Crippen LogP contribution in [0.5, 0.6) is 5.88 Å². The number of aromatic nitrogens is 1. The number of hydrogen-bond donors (Lipinski definition) is 2. The van der Waals surface area contributed by atoms with Crippen LogP contribution in [0, 0.1) is 0 Å². The molecule has 1 aromatic carbocycles. The van der Waals surface area contributed by atoms with Crippen molar-refractivity contribution in [1.82, 2.24) is 10.0 Å². The Morgan fingerprint density at radius 3 is 2.67 bits per heavy atom. The fourth-order valence-corrected chi connectivity index (χ4v) is 2.37. The summed E-state index contributed by atoms with van der Waals surface area (Å²) in [6, 6.07) is 9.40. The number of amides is 1. The van der Waals surface area contributed by atoms with Gasteiger partial charge in [-0.2, -0.15) is 0 Å². The first-order valence-electron chi connectivity index (χ1n) is 5.27. The van der Waals surface area contributed by atoms with Crippen molar-refractivity contribution < 1.29 is 15.1 Å². The predicted octanol–water partition coefficient (Wildman–Crippen LogP) is 1.91. The first-order chi connectivity index (χ1) is 8.58. The Balaban J connectivity index is 2.25. The zero-order valence-electron chi connectivity index (χ0n) is 9.70. The number of thiazole rings is 1. The summed E-state index contributed by atoms with van der Waals surface area (Å²) in [5.41, 5.74) is 0.883. The van der Waals surface area contributed by atoms with Crippen LogP contribution in [-0.2, 0) is 11.2 Å². The normalized spacial score (nSPS) is 10.3. The van der Waals surface area contributed by atoms with E-state index in [2.05, 4.69) is 4.98 Å². The highest BCUT2D eigenvalue weighted by atomic mass is 32.1. The number of likely N-dealkylation sites (N-methyl/N-ethyl adjacent to an activating group) is 1. The molecular formula is C12H12N2O3S. The number of hydrogen-bond acceptors (Lipinski definition) is 5. The Morgan fingerprint density at radius 1 is 1.39 bits per heavy atom. The van der Waals surface area contributed by atoms with Gasteiger partial charge in [0.25, 0.3) is 5.91 Å². The van der Waals surface area contributed by atoms with Gasteiger partial charge < -0.3 is 5.11 Å².